The summed E-state index contributed by atoms with van der Waals surface area (Å²) in [4.78, 5) is 11.9. The fourth-order valence-electron chi connectivity index (χ4n) is 1.76. The lowest BCUT2D eigenvalue weighted by Crippen LogP contribution is -2.20. The van der Waals surface area contributed by atoms with Gasteiger partial charge in [0.2, 0.25) is 5.91 Å². The second-order valence-electron chi connectivity index (χ2n) is 4.82. The molecule has 0 radical (unpaired) electrons. The highest BCUT2D eigenvalue weighted by Gasteiger charge is 2.09. The fourth-order valence-corrected chi connectivity index (χ4v) is 1.76. The number of benzene rings is 1. The number of anilines is 1. The Labute approximate surface area is 115 Å². The summed E-state index contributed by atoms with van der Waals surface area (Å²) in [7, 11) is 0. The number of amides is 1. The van der Waals surface area contributed by atoms with Gasteiger partial charge in [0.25, 0.3) is 0 Å². The Bertz CT molecular complexity index is 393. The zero-order chi connectivity index (χ0) is 14.1. The van der Waals surface area contributed by atoms with Crippen LogP contribution in [0.3, 0.4) is 0 Å². The molecule has 3 N–H and O–H groups in total. The molecule has 0 aliphatic carbocycles. The number of aliphatic hydroxyl groups excluding tert-OH is 1. The average Bonchev–Trinajstić information content (AvgIpc) is 2.40. The van der Waals surface area contributed by atoms with Crippen LogP contribution in [0.25, 0.3) is 0 Å². The van der Waals surface area contributed by atoms with E-state index in [1.807, 2.05) is 24.3 Å². The molecule has 19 heavy (non-hydrogen) atoms. The van der Waals surface area contributed by atoms with Gasteiger partial charge in [0.15, 0.2) is 0 Å². The summed E-state index contributed by atoms with van der Waals surface area (Å²) in [6, 6.07) is 7.74. The van der Waals surface area contributed by atoms with E-state index in [0.29, 0.717) is 25.4 Å². The minimum absolute atomic E-state index is 0.0592. The molecule has 0 saturated carbocycles. The number of hydrogen-bond donors (Lipinski definition) is 3. The molecule has 1 aromatic rings. The number of carbonyl (C=O) groups is 1. The predicted molar refractivity (Wildman–Crippen MR) is 77.9 cm³/mol. The molecule has 1 aromatic carbocycles. The number of carbonyl (C=O) groups excluding carboxylic acids is 1. The van der Waals surface area contributed by atoms with Gasteiger partial charge >= 0.3 is 0 Å². The summed E-state index contributed by atoms with van der Waals surface area (Å²) in [6.07, 6.45) is 1.56. The second-order valence-corrected chi connectivity index (χ2v) is 4.82. The van der Waals surface area contributed by atoms with Gasteiger partial charge in [0, 0.05) is 25.2 Å². The third kappa shape index (κ3) is 5.85. The molecule has 0 heterocycles. The molecule has 0 aliphatic heterocycles. The number of rotatable bonds is 8. The quantitative estimate of drug-likeness (QED) is 0.630. The Morgan fingerprint density at radius 2 is 2.11 bits per heavy atom. The van der Waals surface area contributed by atoms with Gasteiger partial charge in [-0.3, -0.25) is 4.79 Å². The minimum Gasteiger partial charge on any atom is -0.395 e. The van der Waals surface area contributed by atoms with Crippen LogP contribution in [0.4, 0.5) is 5.69 Å². The molecule has 1 amide bonds. The Balaban J connectivity index is 2.59. The first-order chi connectivity index (χ1) is 9.17. The van der Waals surface area contributed by atoms with Crippen LogP contribution in [0.15, 0.2) is 24.3 Å². The van der Waals surface area contributed by atoms with Gasteiger partial charge in [-0.05, 0) is 17.5 Å². The van der Waals surface area contributed by atoms with Crippen LogP contribution in [0.2, 0.25) is 0 Å². The normalized spacial score (nSPS) is 12.2. The number of nitrogens with one attached hydrogen (secondary N) is 2. The highest BCUT2D eigenvalue weighted by molar-refractivity contribution is 5.91. The third-order valence-electron chi connectivity index (χ3n) is 3.13. The van der Waals surface area contributed by atoms with Crippen molar-refractivity contribution in [3.05, 3.63) is 29.8 Å². The maximum atomic E-state index is 11.9. The summed E-state index contributed by atoms with van der Waals surface area (Å²) in [6.45, 7) is 5.47. The maximum Gasteiger partial charge on any atom is 0.224 e. The molecular formula is C15H24N2O2. The first-order valence-corrected chi connectivity index (χ1v) is 6.86. The molecule has 0 bridgehead atoms. The summed E-state index contributed by atoms with van der Waals surface area (Å²) >= 11 is 0. The van der Waals surface area contributed by atoms with Gasteiger partial charge in [-0.25, -0.2) is 0 Å². The van der Waals surface area contributed by atoms with Crippen LogP contribution in [0.5, 0.6) is 0 Å². The van der Waals surface area contributed by atoms with Crippen LogP contribution < -0.4 is 10.6 Å². The lowest BCUT2D eigenvalue weighted by atomic mass is 10.0. The molecule has 0 aromatic heterocycles. The SMILES string of the molecule is CCC(C)CC(=O)Nc1ccccc1CNCCO. The number of aliphatic hydroxyl groups is 1. The van der Waals surface area contributed by atoms with E-state index < -0.39 is 0 Å². The Hall–Kier alpha value is -1.39. The smallest absolute Gasteiger partial charge is 0.224 e. The Morgan fingerprint density at radius 1 is 1.37 bits per heavy atom. The predicted octanol–water partition coefficient (Wildman–Crippen LogP) is 2.14. The highest BCUT2D eigenvalue weighted by atomic mass is 16.3. The van der Waals surface area contributed by atoms with E-state index in [1.165, 1.54) is 0 Å². The van der Waals surface area contributed by atoms with E-state index in [0.717, 1.165) is 17.7 Å². The minimum atomic E-state index is 0.0592. The molecule has 1 rings (SSSR count). The highest BCUT2D eigenvalue weighted by Crippen LogP contribution is 2.16. The summed E-state index contributed by atoms with van der Waals surface area (Å²) in [5.74, 6) is 0.462. The van der Waals surface area contributed by atoms with Crippen LogP contribution >= 0.6 is 0 Å². The van der Waals surface area contributed by atoms with Crippen LogP contribution in [-0.4, -0.2) is 24.2 Å². The molecule has 0 aliphatic rings. The lowest BCUT2D eigenvalue weighted by molar-refractivity contribution is -0.117. The van der Waals surface area contributed by atoms with E-state index >= 15 is 0 Å². The van der Waals surface area contributed by atoms with Crippen molar-refractivity contribution in [3.8, 4) is 0 Å². The van der Waals surface area contributed by atoms with Gasteiger partial charge in [-0.15, -0.1) is 0 Å². The van der Waals surface area contributed by atoms with Crippen LogP contribution in [0.1, 0.15) is 32.3 Å². The number of hydrogen-bond acceptors (Lipinski definition) is 3. The lowest BCUT2D eigenvalue weighted by Gasteiger charge is -2.13. The molecular weight excluding hydrogens is 240 g/mol. The summed E-state index contributed by atoms with van der Waals surface area (Å²) in [5.41, 5.74) is 1.88. The van der Waals surface area contributed by atoms with Gasteiger partial charge < -0.3 is 15.7 Å². The molecule has 1 unspecified atom stereocenters. The van der Waals surface area contributed by atoms with Crippen molar-refractivity contribution >= 4 is 11.6 Å². The Kier molecular flexibility index (Phi) is 7.15. The fraction of sp³-hybridized carbons (Fsp3) is 0.533. The molecule has 4 heteroatoms. The van der Waals surface area contributed by atoms with E-state index in [9.17, 15) is 4.79 Å². The van der Waals surface area contributed by atoms with Crippen LogP contribution in [-0.2, 0) is 11.3 Å². The largest absolute Gasteiger partial charge is 0.395 e. The van der Waals surface area contributed by atoms with E-state index in [4.69, 9.17) is 5.11 Å². The maximum absolute atomic E-state index is 11.9. The molecule has 4 nitrogen and oxygen atoms in total. The topological polar surface area (TPSA) is 61.4 Å². The van der Waals surface area contributed by atoms with Crippen molar-refractivity contribution in [2.45, 2.75) is 33.2 Å². The molecule has 0 spiro atoms. The van der Waals surface area contributed by atoms with E-state index in [1.54, 1.807) is 0 Å². The van der Waals surface area contributed by atoms with Gasteiger partial charge in [0.05, 0.1) is 6.61 Å². The first kappa shape index (κ1) is 15.7. The number of para-hydroxylation sites is 1. The second kappa shape index (κ2) is 8.67. The van der Waals surface area contributed by atoms with Gasteiger partial charge in [0.1, 0.15) is 0 Å². The average molecular weight is 264 g/mol. The Morgan fingerprint density at radius 3 is 2.79 bits per heavy atom. The zero-order valence-electron chi connectivity index (χ0n) is 11.8. The van der Waals surface area contributed by atoms with Crippen molar-refractivity contribution in [1.29, 1.82) is 0 Å². The molecule has 106 valence electrons. The molecule has 1 atom stereocenters. The molecule has 0 saturated heterocycles. The van der Waals surface area contributed by atoms with E-state index in [2.05, 4.69) is 24.5 Å². The van der Waals surface area contributed by atoms with Crippen molar-refractivity contribution < 1.29 is 9.90 Å². The van der Waals surface area contributed by atoms with Crippen molar-refractivity contribution in [2.24, 2.45) is 5.92 Å². The van der Waals surface area contributed by atoms with Crippen LogP contribution in [0, 0.1) is 5.92 Å². The monoisotopic (exact) mass is 264 g/mol. The van der Waals surface area contributed by atoms with Gasteiger partial charge in [-0.2, -0.15) is 0 Å². The van der Waals surface area contributed by atoms with Crippen molar-refractivity contribution in [1.82, 2.24) is 5.32 Å². The van der Waals surface area contributed by atoms with Crippen molar-refractivity contribution in [3.63, 3.8) is 0 Å². The zero-order valence-corrected chi connectivity index (χ0v) is 11.8. The third-order valence-corrected chi connectivity index (χ3v) is 3.13. The van der Waals surface area contributed by atoms with Gasteiger partial charge in [-0.1, -0.05) is 38.5 Å². The first-order valence-electron chi connectivity index (χ1n) is 6.86. The van der Waals surface area contributed by atoms with E-state index in [-0.39, 0.29) is 12.5 Å². The molecule has 0 fully saturated rings. The summed E-state index contributed by atoms with van der Waals surface area (Å²) < 4.78 is 0. The summed E-state index contributed by atoms with van der Waals surface area (Å²) in [5, 5.41) is 14.8. The van der Waals surface area contributed by atoms with Crippen molar-refractivity contribution in [2.75, 3.05) is 18.5 Å². The standard InChI is InChI=1S/C15H24N2O2/c1-3-12(2)10-15(19)17-14-7-5-4-6-13(14)11-16-8-9-18/h4-7,12,16,18H,3,8-11H2,1-2H3,(H,17,19).